The lowest BCUT2D eigenvalue weighted by molar-refractivity contribution is 0.580. The van der Waals surface area contributed by atoms with Crippen LogP contribution in [-0.2, 0) is 23.1 Å². The molecule has 0 amide bonds. The van der Waals surface area contributed by atoms with Gasteiger partial charge in [-0.1, -0.05) is 0 Å². The molecule has 104 valence electrons. The molecule has 0 fully saturated rings. The minimum Gasteiger partial charge on any atom is -0.326 e. The lowest BCUT2D eigenvalue weighted by Gasteiger charge is -2.08. The number of sulfonamides is 1. The summed E-state index contributed by atoms with van der Waals surface area (Å²) in [6.07, 6.45) is 0. The summed E-state index contributed by atoms with van der Waals surface area (Å²) in [4.78, 5) is 2.08. The van der Waals surface area contributed by atoms with Gasteiger partial charge in [-0.15, -0.1) is 22.7 Å². The van der Waals surface area contributed by atoms with Crippen molar-refractivity contribution >= 4 is 32.7 Å². The number of aryl methyl sites for hydroxylation is 2. The Kier molecular flexibility index (Phi) is 4.42. The molecule has 7 heteroatoms. The first-order valence-corrected chi connectivity index (χ1v) is 8.99. The smallest absolute Gasteiger partial charge is 0.242 e. The Hall–Kier alpha value is -0.730. The van der Waals surface area contributed by atoms with Crippen LogP contribution in [0, 0.1) is 13.8 Å². The Labute approximate surface area is 121 Å². The highest BCUT2D eigenvalue weighted by molar-refractivity contribution is 7.89. The maximum atomic E-state index is 12.3. The number of nitrogens with two attached hydrogens (primary N) is 1. The molecule has 4 nitrogen and oxygen atoms in total. The molecule has 19 heavy (non-hydrogen) atoms. The van der Waals surface area contributed by atoms with E-state index in [0.29, 0.717) is 16.3 Å². The van der Waals surface area contributed by atoms with E-state index >= 15 is 0 Å². The van der Waals surface area contributed by atoms with Gasteiger partial charge >= 0.3 is 0 Å². The highest BCUT2D eigenvalue weighted by Crippen LogP contribution is 2.26. The normalized spacial score (nSPS) is 11.9. The third-order valence-corrected chi connectivity index (χ3v) is 6.74. The molecular weight excluding hydrogens is 300 g/mol. The fourth-order valence-corrected chi connectivity index (χ4v) is 5.44. The molecular formula is C12H16N2O2S3. The summed E-state index contributed by atoms with van der Waals surface area (Å²) >= 11 is 2.94. The molecule has 0 atom stereocenters. The number of nitrogens with one attached hydrogen (secondary N) is 1. The average molecular weight is 316 g/mol. The Morgan fingerprint density at radius 2 is 1.95 bits per heavy atom. The minimum absolute atomic E-state index is 0.243. The predicted molar refractivity (Wildman–Crippen MR) is 80.0 cm³/mol. The molecule has 0 unspecified atom stereocenters. The topological polar surface area (TPSA) is 72.2 Å². The predicted octanol–water partition coefficient (Wildman–Crippen LogP) is 2.36. The molecule has 2 aromatic heterocycles. The molecule has 2 heterocycles. The van der Waals surface area contributed by atoms with Crippen molar-refractivity contribution < 1.29 is 8.42 Å². The van der Waals surface area contributed by atoms with Crippen LogP contribution in [-0.4, -0.2) is 8.42 Å². The van der Waals surface area contributed by atoms with Gasteiger partial charge in [0.25, 0.3) is 0 Å². The Morgan fingerprint density at radius 1 is 1.21 bits per heavy atom. The van der Waals surface area contributed by atoms with E-state index in [4.69, 9.17) is 5.73 Å². The summed E-state index contributed by atoms with van der Waals surface area (Å²) in [6.45, 7) is 4.33. The van der Waals surface area contributed by atoms with E-state index in [9.17, 15) is 8.42 Å². The summed E-state index contributed by atoms with van der Waals surface area (Å²) in [5.74, 6) is 0. The van der Waals surface area contributed by atoms with Crippen LogP contribution in [0.15, 0.2) is 21.7 Å². The van der Waals surface area contributed by atoms with Crippen molar-refractivity contribution in [3.05, 3.63) is 37.7 Å². The summed E-state index contributed by atoms with van der Waals surface area (Å²) in [6, 6.07) is 1.98. The summed E-state index contributed by atoms with van der Waals surface area (Å²) in [5.41, 5.74) is 7.45. The second-order valence-corrected chi connectivity index (χ2v) is 7.90. The fourth-order valence-electron chi connectivity index (χ4n) is 1.81. The van der Waals surface area contributed by atoms with Gasteiger partial charge in [0.2, 0.25) is 10.0 Å². The third kappa shape index (κ3) is 3.06. The van der Waals surface area contributed by atoms with Gasteiger partial charge in [-0.3, -0.25) is 0 Å². The summed E-state index contributed by atoms with van der Waals surface area (Å²) < 4.78 is 27.3. The second kappa shape index (κ2) is 5.72. The van der Waals surface area contributed by atoms with Crippen molar-refractivity contribution in [2.75, 3.05) is 0 Å². The summed E-state index contributed by atoms with van der Waals surface area (Å²) in [5, 5.41) is 3.78. The van der Waals surface area contributed by atoms with Crippen LogP contribution in [0.1, 0.15) is 20.9 Å². The van der Waals surface area contributed by atoms with Crippen LogP contribution < -0.4 is 10.5 Å². The Bertz CT molecular complexity index is 671. The van der Waals surface area contributed by atoms with Crippen LogP contribution in [0.25, 0.3) is 0 Å². The minimum atomic E-state index is -3.50. The highest BCUT2D eigenvalue weighted by Gasteiger charge is 2.22. The van der Waals surface area contributed by atoms with Crippen LogP contribution in [0.4, 0.5) is 0 Å². The van der Waals surface area contributed by atoms with Crippen molar-refractivity contribution in [2.24, 2.45) is 5.73 Å². The number of hydrogen-bond acceptors (Lipinski definition) is 5. The summed E-state index contributed by atoms with van der Waals surface area (Å²) in [7, 11) is -3.50. The lowest BCUT2D eigenvalue weighted by Crippen LogP contribution is -2.24. The molecule has 0 aliphatic rings. The molecule has 0 saturated heterocycles. The van der Waals surface area contributed by atoms with Gasteiger partial charge in [-0.25, -0.2) is 13.1 Å². The molecule has 0 spiro atoms. The van der Waals surface area contributed by atoms with Crippen LogP contribution in [0.5, 0.6) is 0 Å². The number of rotatable bonds is 5. The average Bonchev–Trinajstić information content (AvgIpc) is 2.93. The van der Waals surface area contributed by atoms with Gasteiger partial charge in [-0.05, 0) is 41.8 Å². The monoisotopic (exact) mass is 316 g/mol. The maximum absolute atomic E-state index is 12.3. The SMILES string of the molecule is Cc1ccsc1CNS(=O)(=O)c1c(C)csc1CN. The zero-order chi connectivity index (χ0) is 14.0. The first-order chi connectivity index (χ1) is 8.95. The zero-order valence-corrected chi connectivity index (χ0v) is 13.2. The van der Waals surface area contributed by atoms with Crippen molar-refractivity contribution in [2.45, 2.75) is 31.8 Å². The van der Waals surface area contributed by atoms with E-state index in [1.807, 2.05) is 23.8 Å². The van der Waals surface area contributed by atoms with Gasteiger partial charge in [0.1, 0.15) is 4.90 Å². The quantitative estimate of drug-likeness (QED) is 0.889. The first kappa shape index (κ1) is 14.7. The number of thiophene rings is 2. The van der Waals surface area contributed by atoms with Gasteiger partial charge in [0, 0.05) is 22.8 Å². The highest BCUT2D eigenvalue weighted by atomic mass is 32.2. The van der Waals surface area contributed by atoms with Gasteiger partial charge < -0.3 is 5.73 Å². The Balaban J connectivity index is 2.23. The van der Waals surface area contributed by atoms with E-state index in [0.717, 1.165) is 16.0 Å². The van der Waals surface area contributed by atoms with Crippen LogP contribution in [0.3, 0.4) is 0 Å². The van der Waals surface area contributed by atoms with Gasteiger partial charge in [-0.2, -0.15) is 0 Å². The largest absolute Gasteiger partial charge is 0.326 e. The van der Waals surface area contributed by atoms with E-state index in [-0.39, 0.29) is 6.54 Å². The molecule has 0 bridgehead atoms. The van der Waals surface area contributed by atoms with E-state index in [1.165, 1.54) is 11.3 Å². The maximum Gasteiger partial charge on any atom is 0.242 e. The Morgan fingerprint density at radius 3 is 2.53 bits per heavy atom. The molecule has 0 aromatic carbocycles. The fraction of sp³-hybridized carbons (Fsp3) is 0.333. The lowest BCUT2D eigenvalue weighted by atomic mass is 10.3. The van der Waals surface area contributed by atoms with E-state index in [1.54, 1.807) is 18.3 Å². The van der Waals surface area contributed by atoms with E-state index < -0.39 is 10.0 Å². The van der Waals surface area contributed by atoms with E-state index in [2.05, 4.69) is 4.72 Å². The van der Waals surface area contributed by atoms with Crippen LogP contribution in [0.2, 0.25) is 0 Å². The van der Waals surface area contributed by atoms with Crippen molar-refractivity contribution in [3.63, 3.8) is 0 Å². The first-order valence-electron chi connectivity index (χ1n) is 5.75. The molecule has 2 aromatic rings. The molecule has 0 aliphatic heterocycles. The molecule has 0 saturated carbocycles. The van der Waals surface area contributed by atoms with Crippen molar-refractivity contribution in [1.82, 2.24) is 4.72 Å². The third-order valence-electron chi connectivity index (χ3n) is 2.83. The molecule has 0 aliphatic carbocycles. The zero-order valence-electron chi connectivity index (χ0n) is 10.8. The van der Waals surface area contributed by atoms with Crippen molar-refractivity contribution in [1.29, 1.82) is 0 Å². The van der Waals surface area contributed by atoms with Crippen LogP contribution >= 0.6 is 22.7 Å². The molecule has 3 N–H and O–H groups in total. The van der Waals surface area contributed by atoms with Crippen molar-refractivity contribution in [3.8, 4) is 0 Å². The standard InChI is InChI=1S/C12H16N2O2S3/c1-8-3-4-17-11(8)6-14-19(15,16)12-9(2)7-18-10(12)5-13/h3-4,7,14H,5-6,13H2,1-2H3. The molecule has 0 radical (unpaired) electrons. The van der Waals surface area contributed by atoms with Gasteiger partial charge in [0.05, 0.1) is 0 Å². The number of hydrogen-bond donors (Lipinski definition) is 2. The molecule has 2 rings (SSSR count). The second-order valence-electron chi connectivity index (χ2n) is 4.23. The van der Waals surface area contributed by atoms with Gasteiger partial charge in [0.15, 0.2) is 0 Å².